The fraction of sp³-hybridized carbons (Fsp3) is 0.300. The lowest BCUT2D eigenvalue weighted by molar-refractivity contribution is 0.414. The van der Waals surface area contributed by atoms with Crippen LogP contribution in [0.25, 0.3) is 5.65 Å². The maximum Gasteiger partial charge on any atom is 0.140 e. The Bertz CT molecular complexity index is 436. The van der Waals surface area contributed by atoms with Crippen LogP contribution in [0.15, 0.2) is 24.5 Å². The second kappa shape index (κ2) is 3.67. The maximum absolute atomic E-state index is 5.12. The standard InChI is InChI=1S/C10H13N3O/c1-11-6-8-7-12-10-5-9(14-2)3-4-13(8)10/h3-5,7,11H,6H2,1-2H3. The topological polar surface area (TPSA) is 38.6 Å². The largest absolute Gasteiger partial charge is 0.497 e. The molecule has 0 bridgehead atoms. The van der Waals surface area contributed by atoms with E-state index in [0.717, 1.165) is 23.6 Å². The van der Waals surface area contributed by atoms with E-state index in [1.54, 1.807) is 7.11 Å². The van der Waals surface area contributed by atoms with Gasteiger partial charge in [-0.3, -0.25) is 0 Å². The second-order valence-corrected chi connectivity index (χ2v) is 3.07. The Hall–Kier alpha value is -1.55. The summed E-state index contributed by atoms with van der Waals surface area (Å²) in [4.78, 5) is 4.29. The molecule has 4 heteroatoms. The average molecular weight is 191 g/mol. The molecule has 4 nitrogen and oxygen atoms in total. The lowest BCUT2D eigenvalue weighted by atomic mass is 10.4. The van der Waals surface area contributed by atoms with E-state index in [9.17, 15) is 0 Å². The fourth-order valence-corrected chi connectivity index (χ4v) is 1.45. The Balaban J connectivity index is 2.48. The van der Waals surface area contributed by atoms with E-state index in [4.69, 9.17) is 4.74 Å². The number of fused-ring (bicyclic) bond motifs is 1. The number of pyridine rings is 1. The van der Waals surface area contributed by atoms with Gasteiger partial charge in [0, 0.05) is 18.8 Å². The van der Waals surface area contributed by atoms with Crippen molar-refractivity contribution in [2.24, 2.45) is 0 Å². The maximum atomic E-state index is 5.12. The van der Waals surface area contributed by atoms with Gasteiger partial charge in [0.2, 0.25) is 0 Å². The lowest BCUT2D eigenvalue weighted by Crippen LogP contribution is -2.07. The fourth-order valence-electron chi connectivity index (χ4n) is 1.45. The van der Waals surface area contributed by atoms with Crippen molar-refractivity contribution in [3.63, 3.8) is 0 Å². The van der Waals surface area contributed by atoms with Crippen molar-refractivity contribution in [3.8, 4) is 5.75 Å². The minimum Gasteiger partial charge on any atom is -0.497 e. The van der Waals surface area contributed by atoms with Gasteiger partial charge in [0.05, 0.1) is 19.0 Å². The van der Waals surface area contributed by atoms with Crippen LogP contribution < -0.4 is 10.1 Å². The normalized spacial score (nSPS) is 10.7. The third kappa shape index (κ3) is 1.44. The summed E-state index contributed by atoms with van der Waals surface area (Å²) in [6.45, 7) is 0.813. The number of imidazole rings is 1. The molecule has 14 heavy (non-hydrogen) atoms. The molecule has 1 N–H and O–H groups in total. The van der Waals surface area contributed by atoms with Crippen LogP contribution in [0.2, 0.25) is 0 Å². The van der Waals surface area contributed by atoms with Crippen molar-refractivity contribution in [2.45, 2.75) is 6.54 Å². The lowest BCUT2D eigenvalue weighted by Gasteiger charge is -2.02. The van der Waals surface area contributed by atoms with E-state index in [1.165, 1.54) is 0 Å². The van der Waals surface area contributed by atoms with Gasteiger partial charge >= 0.3 is 0 Å². The molecule has 74 valence electrons. The number of rotatable bonds is 3. The highest BCUT2D eigenvalue weighted by Crippen LogP contribution is 2.14. The van der Waals surface area contributed by atoms with E-state index in [1.807, 2.05) is 36.0 Å². The molecule has 0 aliphatic carbocycles. The molecule has 2 aromatic rings. The molecule has 0 aliphatic rings. The minimum atomic E-state index is 0.813. The van der Waals surface area contributed by atoms with Crippen molar-refractivity contribution in [1.82, 2.24) is 14.7 Å². The molecule has 0 spiro atoms. The molecule has 0 atom stereocenters. The van der Waals surface area contributed by atoms with Gasteiger partial charge in [-0.2, -0.15) is 0 Å². The van der Waals surface area contributed by atoms with Crippen LogP contribution in [-0.2, 0) is 6.54 Å². The summed E-state index contributed by atoms with van der Waals surface area (Å²) in [5.74, 6) is 0.833. The van der Waals surface area contributed by atoms with E-state index in [2.05, 4.69) is 10.3 Å². The molecule has 0 saturated heterocycles. The number of hydrogen-bond donors (Lipinski definition) is 1. The molecular formula is C10H13N3O. The summed E-state index contributed by atoms with van der Waals surface area (Å²) < 4.78 is 7.16. The zero-order valence-electron chi connectivity index (χ0n) is 8.32. The number of ether oxygens (including phenoxy) is 1. The first-order valence-electron chi connectivity index (χ1n) is 4.49. The molecule has 0 fully saturated rings. The van der Waals surface area contributed by atoms with Gasteiger partial charge in [-0.15, -0.1) is 0 Å². The number of hydrogen-bond acceptors (Lipinski definition) is 3. The van der Waals surface area contributed by atoms with E-state index < -0.39 is 0 Å². The first kappa shape index (κ1) is 9.02. The summed E-state index contributed by atoms with van der Waals surface area (Å²) >= 11 is 0. The van der Waals surface area contributed by atoms with Crippen LogP contribution in [0.4, 0.5) is 0 Å². The minimum absolute atomic E-state index is 0.813. The summed E-state index contributed by atoms with van der Waals surface area (Å²) in [7, 11) is 3.58. The van der Waals surface area contributed by atoms with Gasteiger partial charge < -0.3 is 14.5 Å². The molecule has 2 rings (SSSR count). The highest BCUT2D eigenvalue weighted by molar-refractivity contribution is 5.45. The molecule has 0 unspecified atom stereocenters. The van der Waals surface area contributed by atoms with Crippen LogP contribution in [0.1, 0.15) is 5.69 Å². The van der Waals surface area contributed by atoms with Crippen LogP contribution in [0.3, 0.4) is 0 Å². The van der Waals surface area contributed by atoms with Crippen molar-refractivity contribution >= 4 is 5.65 Å². The van der Waals surface area contributed by atoms with Crippen molar-refractivity contribution in [2.75, 3.05) is 14.2 Å². The third-order valence-electron chi connectivity index (χ3n) is 2.15. The predicted molar refractivity (Wildman–Crippen MR) is 54.5 cm³/mol. The molecule has 0 saturated carbocycles. The van der Waals surface area contributed by atoms with Crippen LogP contribution in [-0.4, -0.2) is 23.5 Å². The average Bonchev–Trinajstić information content (AvgIpc) is 2.61. The highest BCUT2D eigenvalue weighted by atomic mass is 16.5. The van der Waals surface area contributed by atoms with Gasteiger partial charge in [0.15, 0.2) is 0 Å². The molecule has 0 radical (unpaired) electrons. The molecule has 2 aromatic heterocycles. The highest BCUT2D eigenvalue weighted by Gasteiger charge is 2.02. The zero-order chi connectivity index (χ0) is 9.97. The second-order valence-electron chi connectivity index (χ2n) is 3.07. The molecule has 0 aliphatic heterocycles. The SMILES string of the molecule is CNCc1cnc2cc(OC)ccn12. The summed E-state index contributed by atoms with van der Waals surface area (Å²) in [6.07, 6.45) is 3.83. The van der Waals surface area contributed by atoms with Crippen molar-refractivity contribution in [3.05, 3.63) is 30.2 Å². The summed E-state index contributed by atoms with van der Waals surface area (Å²) in [5.41, 5.74) is 2.06. The van der Waals surface area contributed by atoms with E-state index in [0.29, 0.717) is 0 Å². The Morgan fingerprint density at radius 1 is 1.57 bits per heavy atom. The number of aromatic nitrogens is 2. The molecule has 0 aromatic carbocycles. The first-order chi connectivity index (χ1) is 6.85. The van der Waals surface area contributed by atoms with Gasteiger partial charge in [-0.05, 0) is 13.1 Å². The molecule has 2 heterocycles. The number of methoxy groups -OCH3 is 1. The monoisotopic (exact) mass is 191 g/mol. The van der Waals surface area contributed by atoms with Gasteiger partial charge in [0.1, 0.15) is 11.4 Å². The van der Waals surface area contributed by atoms with Gasteiger partial charge in [0.25, 0.3) is 0 Å². The third-order valence-corrected chi connectivity index (χ3v) is 2.15. The smallest absolute Gasteiger partial charge is 0.140 e. The van der Waals surface area contributed by atoms with E-state index >= 15 is 0 Å². The quantitative estimate of drug-likeness (QED) is 0.788. The van der Waals surface area contributed by atoms with Crippen LogP contribution in [0, 0.1) is 0 Å². The summed E-state index contributed by atoms with van der Waals surface area (Å²) in [6, 6.07) is 3.84. The Morgan fingerprint density at radius 3 is 3.14 bits per heavy atom. The van der Waals surface area contributed by atoms with Crippen LogP contribution >= 0.6 is 0 Å². The van der Waals surface area contributed by atoms with E-state index in [-0.39, 0.29) is 0 Å². The first-order valence-corrected chi connectivity index (χ1v) is 4.49. The number of nitrogens with one attached hydrogen (secondary N) is 1. The summed E-state index contributed by atoms with van der Waals surface area (Å²) in [5, 5.41) is 3.10. The Labute approximate surface area is 82.5 Å². The predicted octanol–water partition coefficient (Wildman–Crippen LogP) is 1.06. The van der Waals surface area contributed by atoms with Crippen molar-refractivity contribution in [1.29, 1.82) is 0 Å². The van der Waals surface area contributed by atoms with Gasteiger partial charge in [-0.1, -0.05) is 0 Å². The van der Waals surface area contributed by atoms with Crippen LogP contribution in [0.5, 0.6) is 5.75 Å². The number of nitrogens with zero attached hydrogens (tertiary/aromatic N) is 2. The zero-order valence-corrected chi connectivity index (χ0v) is 8.32. The Kier molecular flexibility index (Phi) is 2.37. The molecular weight excluding hydrogens is 178 g/mol. The Morgan fingerprint density at radius 2 is 2.43 bits per heavy atom. The van der Waals surface area contributed by atoms with Crippen molar-refractivity contribution < 1.29 is 4.74 Å². The van der Waals surface area contributed by atoms with Gasteiger partial charge in [-0.25, -0.2) is 4.98 Å². The molecule has 0 amide bonds.